The van der Waals surface area contributed by atoms with Gasteiger partial charge in [0.25, 0.3) is 0 Å². The molecule has 1 aromatic carbocycles. The molecular weight excluding hydrogens is 423 g/mol. The Balaban J connectivity index is 1.50. The van der Waals surface area contributed by atoms with E-state index in [2.05, 4.69) is 15.2 Å². The molecule has 0 saturated carbocycles. The molecule has 31 heavy (non-hydrogen) atoms. The summed E-state index contributed by atoms with van der Waals surface area (Å²) in [6, 6.07) is 8.64. The SMILES string of the molecule is O=S(=O)(c1cccc(F)c1)N1CC(c2nnc(-c3ccncc3)o2)C2(CCOCC2)C1. The lowest BCUT2D eigenvalue weighted by molar-refractivity contribution is 0.0112. The Morgan fingerprint density at radius 1 is 1.10 bits per heavy atom. The maximum Gasteiger partial charge on any atom is 0.247 e. The van der Waals surface area contributed by atoms with E-state index < -0.39 is 15.8 Å². The topological polar surface area (TPSA) is 98.4 Å². The highest BCUT2D eigenvalue weighted by atomic mass is 32.2. The van der Waals surface area contributed by atoms with Crippen LogP contribution in [0.15, 0.2) is 58.1 Å². The normalized spacial score (nSPS) is 21.5. The summed E-state index contributed by atoms with van der Waals surface area (Å²) in [6.45, 7) is 1.56. The molecular formula is C21H21FN4O4S. The molecule has 0 amide bonds. The van der Waals surface area contributed by atoms with E-state index in [-0.39, 0.29) is 22.8 Å². The molecule has 0 radical (unpaired) electrons. The zero-order valence-corrected chi connectivity index (χ0v) is 17.5. The van der Waals surface area contributed by atoms with Crippen molar-refractivity contribution in [1.82, 2.24) is 19.5 Å². The molecule has 2 aliphatic rings. The predicted octanol–water partition coefficient (Wildman–Crippen LogP) is 2.86. The maximum absolute atomic E-state index is 13.7. The van der Waals surface area contributed by atoms with Crippen LogP contribution in [0.1, 0.15) is 24.7 Å². The van der Waals surface area contributed by atoms with Crippen molar-refractivity contribution in [1.29, 1.82) is 0 Å². The van der Waals surface area contributed by atoms with Crippen molar-refractivity contribution in [2.75, 3.05) is 26.3 Å². The van der Waals surface area contributed by atoms with E-state index in [4.69, 9.17) is 9.15 Å². The van der Waals surface area contributed by atoms with Gasteiger partial charge >= 0.3 is 0 Å². The zero-order valence-electron chi connectivity index (χ0n) is 16.6. The molecule has 2 aliphatic heterocycles. The summed E-state index contributed by atoms with van der Waals surface area (Å²) < 4.78 is 53.2. The van der Waals surface area contributed by atoms with Gasteiger partial charge in [0.2, 0.25) is 21.8 Å². The van der Waals surface area contributed by atoms with Gasteiger partial charge in [-0.1, -0.05) is 6.07 Å². The van der Waals surface area contributed by atoms with E-state index >= 15 is 0 Å². The molecule has 162 valence electrons. The molecule has 0 N–H and O–H groups in total. The molecule has 2 saturated heterocycles. The first-order valence-corrected chi connectivity index (χ1v) is 11.5. The first-order chi connectivity index (χ1) is 15.0. The van der Waals surface area contributed by atoms with Crippen LogP contribution >= 0.6 is 0 Å². The van der Waals surface area contributed by atoms with Gasteiger partial charge in [-0.25, -0.2) is 12.8 Å². The quantitative estimate of drug-likeness (QED) is 0.610. The Bertz CT molecular complexity index is 1180. The number of benzene rings is 1. The lowest BCUT2D eigenvalue weighted by Crippen LogP contribution is -2.37. The third-order valence-corrected chi connectivity index (χ3v) is 8.01. The second kappa shape index (κ2) is 7.77. The second-order valence-corrected chi connectivity index (χ2v) is 9.90. The lowest BCUT2D eigenvalue weighted by atomic mass is 9.72. The van der Waals surface area contributed by atoms with Gasteiger partial charge in [-0.05, 0) is 43.2 Å². The third kappa shape index (κ3) is 3.64. The monoisotopic (exact) mass is 444 g/mol. The molecule has 1 atom stereocenters. The van der Waals surface area contributed by atoms with Crippen LogP contribution in [-0.4, -0.2) is 54.2 Å². The Morgan fingerprint density at radius 2 is 1.87 bits per heavy atom. The zero-order chi connectivity index (χ0) is 21.5. The lowest BCUT2D eigenvalue weighted by Gasteiger charge is -2.36. The van der Waals surface area contributed by atoms with Crippen molar-refractivity contribution < 1.29 is 22.0 Å². The van der Waals surface area contributed by atoms with Gasteiger partial charge in [0.15, 0.2) is 0 Å². The fourth-order valence-electron chi connectivity index (χ4n) is 4.49. The van der Waals surface area contributed by atoms with E-state index in [1.54, 1.807) is 24.5 Å². The molecule has 0 bridgehead atoms. The molecule has 3 aromatic rings. The number of nitrogens with zero attached hydrogens (tertiary/aromatic N) is 4. The molecule has 1 unspecified atom stereocenters. The summed E-state index contributed by atoms with van der Waals surface area (Å²) in [5.41, 5.74) is 0.373. The van der Waals surface area contributed by atoms with Crippen LogP contribution in [0.3, 0.4) is 0 Å². The minimum Gasteiger partial charge on any atom is -0.420 e. The summed E-state index contributed by atoms with van der Waals surface area (Å²) in [6.07, 6.45) is 4.64. The van der Waals surface area contributed by atoms with Gasteiger partial charge in [0, 0.05) is 49.7 Å². The smallest absolute Gasteiger partial charge is 0.247 e. The van der Waals surface area contributed by atoms with E-state index in [1.807, 2.05) is 0 Å². The molecule has 2 aromatic heterocycles. The first kappa shape index (κ1) is 20.2. The fraction of sp³-hybridized carbons (Fsp3) is 0.381. The first-order valence-electron chi connectivity index (χ1n) is 10.1. The van der Waals surface area contributed by atoms with Crippen molar-refractivity contribution in [2.45, 2.75) is 23.7 Å². The van der Waals surface area contributed by atoms with Gasteiger partial charge in [0.05, 0.1) is 10.8 Å². The average molecular weight is 444 g/mol. The predicted molar refractivity (Wildman–Crippen MR) is 108 cm³/mol. The standard InChI is InChI=1S/C21H21FN4O4S/c22-16-2-1-3-17(12-16)31(27,28)26-13-18(21(14-26)6-10-29-11-7-21)20-25-24-19(30-20)15-4-8-23-9-5-15/h1-5,8-9,12,18H,6-7,10-11,13-14H2. The van der Waals surface area contributed by atoms with Crippen LogP contribution in [0.5, 0.6) is 0 Å². The highest BCUT2D eigenvalue weighted by Crippen LogP contribution is 2.50. The molecule has 10 heteroatoms. The van der Waals surface area contributed by atoms with E-state index in [0.717, 1.165) is 11.6 Å². The Kier molecular flexibility index (Phi) is 5.07. The van der Waals surface area contributed by atoms with Crippen LogP contribution in [0.25, 0.3) is 11.5 Å². The molecule has 4 heterocycles. The van der Waals surface area contributed by atoms with Gasteiger partial charge in [0.1, 0.15) is 5.82 Å². The largest absolute Gasteiger partial charge is 0.420 e. The second-order valence-electron chi connectivity index (χ2n) is 7.96. The molecule has 5 rings (SSSR count). The number of aromatic nitrogens is 3. The van der Waals surface area contributed by atoms with Gasteiger partial charge in [-0.2, -0.15) is 4.31 Å². The molecule has 8 nitrogen and oxygen atoms in total. The van der Waals surface area contributed by atoms with Crippen LogP contribution in [0.4, 0.5) is 4.39 Å². The minimum atomic E-state index is -3.87. The van der Waals surface area contributed by atoms with Crippen molar-refractivity contribution >= 4 is 10.0 Å². The molecule has 2 fully saturated rings. The minimum absolute atomic E-state index is 0.0571. The number of sulfonamides is 1. The summed E-state index contributed by atoms with van der Waals surface area (Å²) in [7, 11) is -3.87. The maximum atomic E-state index is 13.7. The van der Waals surface area contributed by atoms with Gasteiger partial charge in [-0.15, -0.1) is 10.2 Å². The number of hydrogen-bond donors (Lipinski definition) is 0. The number of pyridine rings is 1. The summed E-state index contributed by atoms with van der Waals surface area (Å²) in [4.78, 5) is 3.93. The van der Waals surface area contributed by atoms with Crippen LogP contribution in [-0.2, 0) is 14.8 Å². The highest BCUT2D eigenvalue weighted by Gasteiger charge is 2.53. The average Bonchev–Trinajstić information content (AvgIpc) is 3.41. The third-order valence-electron chi connectivity index (χ3n) is 6.21. The number of hydrogen-bond acceptors (Lipinski definition) is 7. The van der Waals surface area contributed by atoms with E-state index in [1.165, 1.54) is 22.5 Å². The van der Waals surface area contributed by atoms with Gasteiger partial charge in [-0.3, -0.25) is 4.98 Å². The van der Waals surface area contributed by atoms with E-state index in [9.17, 15) is 12.8 Å². The number of rotatable bonds is 4. The van der Waals surface area contributed by atoms with Crippen LogP contribution < -0.4 is 0 Å². The van der Waals surface area contributed by atoms with Crippen molar-refractivity contribution in [3.05, 3.63) is 60.5 Å². The summed E-state index contributed by atoms with van der Waals surface area (Å²) in [5, 5.41) is 8.44. The summed E-state index contributed by atoms with van der Waals surface area (Å²) in [5.74, 6) is -0.0870. The Morgan fingerprint density at radius 3 is 2.61 bits per heavy atom. The van der Waals surface area contributed by atoms with Crippen LogP contribution in [0.2, 0.25) is 0 Å². The van der Waals surface area contributed by atoms with Crippen molar-refractivity contribution in [3.63, 3.8) is 0 Å². The molecule has 1 spiro atoms. The van der Waals surface area contributed by atoms with Crippen LogP contribution in [0, 0.1) is 11.2 Å². The van der Waals surface area contributed by atoms with E-state index in [0.29, 0.717) is 44.4 Å². The van der Waals surface area contributed by atoms with Crippen molar-refractivity contribution in [2.24, 2.45) is 5.41 Å². The highest BCUT2D eigenvalue weighted by molar-refractivity contribution is 7.89. The molecule has 0 aliphatic carbocycles. The Labute approximate surface area is 179 Å². The number of ether oxygens (including phenoxy) is 1. The summed E-state index contributed by atoms with van der Waals surface area (Å²) >= 11 is 0. The number of halogens is 1. The van der Waals surface area contributed by atoms with Crippen molar-refractivity contribution in [3.8, 4) is 11.5 Å². The Hall–Kier alpha value is -2.69. The fourth-order valence-corrected chi connectivity index (χ4v) is 6.08. The van der Waals surface area contributed by atoms with Gasteiger partial charge < -0.3 is 9.15 Å².